The number of benzene rings is 1. The molecule has 7 heteroatoms. The van der Waals surface area contributed by atoms with Crippen LogP contribution in [0.2, 0.25) is 0 Å². The van der Waals surface area contributed by atoms with Crippen molar-refractivity contribution in [3.63, 3.8) is 0 Å². The quantitative estimate of drug-likeness (QED) is 0.871. The number of nitrogens with two attached hydrogens (primary N) is 1. The second-order valence-electron chi connectivity index (χ2n) is 4.63. The molecule has 0 bridgehead atoms. The Kier molecular flexibility index (Phi) is 3.91. The van der Waals surface area contributed by atoms with Crippen LogP contribution in [0.4, 0.5) is 4.39 Å². The van der Waals surface area contributed by atoms with E-state index in [0.29, 0.717) is 17.7 Å². The van der Waals surface area contributed by atoms with Gasteiger partial charge in [0.15, 0.2) is 0 Å². The Morgan fingerprint density at radius 3 is 2.47 bits per heavy atom. The third-order valence-corrected chi connectivity index (χ3v) is 5.34. The minimum atomic E-state index is -3.73. The van der Waals surface area contributed by atoms with E-state index in [2.05, 4.69) is 0 Å². The van der Waals surface area contributed by atoms with Crippen molar-refractivity contribution < 1.29 is 17.5 Å². The summed E-state index contributed by atoms with van der Waals surface area (Å²) in [5.41, 5.74) is 6.55. The van der Waals surface area contributed by atoms with Crippen LogP contribution in [-0.4, -0.2) is 38.6 Å². The SMILES string of the molecule is Cc1cc(F)cc(C)c1S(=O)(=O)N1CCOCC1N. The molecule has 1 saturated heterocycles. The van der Waals surface area contributed by atoms with Crippen molar-refractivity contribution in [3.05, 3.63) is 29.1 Å². The summed E-state index contributed by atoms with van der Waals surface area (Å²) in [6.07, 6.45) is -0.706. The molecule has 1 aromatic rings. The zero-order valence-electron chi connectivity index (χ0n) is 10.9. The molecule has 0 amide bonds. The molecule has 2 N–H and O–H groups in total. The first-order valence-electron chi connectivity index (χ1n) is 5.96. The number of hydrogen-bond acceptors (Lipinski definition) is 4. The van der Waals surface area contributed by atoms with Gasteiger partial charge in [-0.1, -0.05) is 0 Å². The van der Waals surface area contributed by atoms with Gasteiger partial charge in [-0.2, -0.15) is 4.31 Å². The van der Waals surface area contributed by atoms with Gasteiger partial charge in [-0.25, -0.2) is 12.8 Å². The van der Waals surface area contributed by atoms with E-state index in [4.69, 9.17) is 10.5 Å². The fourth-order valence-electron chi connectivity index (χ4n) is 2.33. The van der Waals surface area contributed by atoms with E-state index in [-0.39, 0.29) is 18.0 Å². The normalized spacial score (nSPS) is 21.6. The summed E-state index contributed by atoms with van der Waals surface area (Å²) in [4.78, 5) is 0.131. The van der Waals surface area contributed by atoms with E-state index in [0.717, 1.165) is 0 Å². The van der Waals surface area contributed by atoms with Crippen LogP contribution in [-0.2, 0) is 14.8 Å². The summed E-state index contributed by atoms with van der Waals surface area (Å²) in [6, 6.07) is 2.43. The van der Waals surface area contributed by atoms with Crippen molar-refractivity contribution in [2.24, 2.45) is 5.73 Å². The lowest BCUT2D eigenvalue weighted by molar-refractivity contribution is 0.0349. The van der Waals surface area contributed by atoms with Crippen LogP contribution in [0.3, 0.4) is 0 Å². The largest absolute Gasteiger partial charge is 0.377 e. The van der Waals surface area contributed by atoms with Crippen molar-refractivity contribution in [1.82, 2.24) is 4.31 Å². The molecule has 1 unspecified atom stereocenters. The molecule has 1 aromatic carbocycles. The molecule has 0 aromatic heterocycles. The molecular weight excluding hydrogens is 271 g/mol. The number of halogens is 1. The van der Waals surface area contributed by atoms with Crippen LogP contribution in [0.15, 0.2) is 17.0 Å². The lowest BCUT2D eigenvalue weighted by Crippen LogP contribution is -2.53. The standard InChI is InChI=1S/C12H17FN2O3S/c1-8-5-10(13)6-9(2)12(8)19(16,17)15-3-4-18-7-11(15)14/h5-6,11H,3-4,7,14H2,1-2H3. The zero-order chi connectivity index (χ0) is 14.2. The third-order valence-electron chi connectivity index (χ3n) is 3.11. The first-order valence-corrected chi connectivity index (χ1v) is 7.40. The Balaban J connectivity index is 2.50. The molecule has 1 heterocycles. The first kappa shape index (κ1) is 14.4. The zero-order valence-corrected chi connectivity index (χ0v) is 11.7. The van der Waals surface area contributed by atoms with Gasteiger partial charge in [0.05, 0.1) is 24.3 Å². The maximum absolute atomic E-state index is 13.3. The van der Waals surface area contributed by atoms with Gasteiger partial charge in [0.2, 0.25) is 10.0 Å². The van der Waals surface area contributed by atoms with Gasteiger partial charge >= 0.3 is 0 Å². The first-order chi connectivity index (χ1) is 8.84. The van der Waals surface area contributed by atoms with Gasteiger partial charge in [0.25, 0.3) is 0 Å². The lowest BCUT2D eigenvalue weighted by atomic mass is 10.1. The van der Waals surface area contributed by atoms with Crippen molar-refractivity contribution in [2.75, 3.05) is 19.8 Å². The van der Waals surface area contributed by atoms with Crippen LogP contribution >= 0.6 is 0 Å². The number of hydrogen-bond donors (Lipinski definition) is 1. The number of nitrogens with zero attached hydrogens (tertiary/aromatic N) is 1. The molecule has 1 atom stereocenters. The summed E-state index contributed by atoms with van der Waals surface area (Å²) in [5.74, 6) is -0.444. The highest BCUT2D eigenvalue weighted by atomic mass is 32.2. The molecule has 0 spiro atoms. The maximum atomic E-state index is 13.3. The fraction of sp³-hybridized carbons (Fsp3) is 0.500. The minimum Gasteiger partial charge on any atom is -0.377 e. The third kappa shape index (κ3) is 2.64. The predicted octanol–water partition coefficient (Wildman–Crippen LogP) is 0.748. The second kappa shape index (κ2) is 5.16. The fourth-order valence-corrected chi connectivity index (χ4v) is 4.23. The Bertz CT molecular complexity index is 566. The van der Waals surface area contributed by atoms with E-state index in [9.17, 15) is 12.8 Å². The van der Waals surface area contributed by atoms with Gasteiger partial charge < -0.3 is 10.5 Å². The molecule has 5 nitrogen and oxygen atoms in total. The van der Waals surface area contributed by atoms with Gasteiger partial charge in [0, 0.05) is 6.54 Å². The molecule has 1 aliphatic heterocycles. The van der Waals surface area contributed by atoms with Crippen LogP contribution < -0.4 is 5.73 Å². The van der Waals surface area contributed by atoms with Gasteiger partial charge in [-0.05, 0) is 37.1 Å². The highest BCUT2D eigenvalue weighted by Gasteiger charge is 2.34. The number of aryl methyl sites for hydroxylation is 2. The van der Waals surface area contributed by atoms with Gasteiger partial charge in [-0.15, -0.1) is 0 Å². The molecule has 1 fully saturated rings. The molecule has 0 aliphatic carbocycles. The molecule has 2 rings (SSSR count). The Morgan fingerprint density at radius 2 is 1.95 bits per heavy atom. The van der Waals surface area contributed by atoms with Gasteiger partial charge in [-0.3, -0.25) is 0 Å². The van der Waals surface area contributed by atoms with E-state index in [1.54, 1.807) is 13.8 Å². The van der Waals surface area contributed by atoms with Crippen LogP contribution in [0.1, 0.15) is 11.1 Å². The molecule has 0 radical (unpaired) electrons. The van der Waals surface area contributed by atoms with E-state index in [1.165, 1.54) is 16.4 Å². The number of morpholine rings is 1. The van der Waals surface area contributed by atoms with E-state index in [1.807, 2.05) is 0 Å². The van der Waals surface area contributed by atoms with Crippen LogP contribution in [0, 0.1) is 19.7 Å². The molecule has 1 aliphatic rings. The highest BCUT2D eigenvalue weighted by molar-refractivity contribution is 7.89. The topological polar surface area (TPSA) is 72.6 Å². The lowest BCUT2D eigenvalue weighted by Gasteiger charge is -2.32. The number of rotatable bonds is 2. The summed E-state index contributed by atoms with van der Waals surface area (Å²) < 4.78 is 44.8. The van der Waals surface area contributed by atoms with Crippen molar-refractivity contribution in [2.45, 2.75) is 24.9 Å². The summed E-state index contributed by atoms with van der Waals surface area (Å²) >= 11 is 0. The van der Waals surface area contributed by atoms with Crippen molar-refractivity contribution in [3.8, 4) is 0 Å². The summed E-state index contributed by atoms with van der Waals surface area (Å²) in [7, 11) is -3.73. The van der Waals surface area contributed by atoms with Crippen LogP contribution in [0.5, 0.6) is 0 Å². The minimum absolute atomic E-state index is 0.131. The Morgan fingerprint density at radius 1 is 1.37 bits per heavy atom. The Labute approximate surface area is 112 Å². The number of sulfonamides is 1. The molecule has 0 saturated carbocycles. The molecular formula is C12H17FN2O3S. The van der Waals surface area contributed by atoms with E-state index >= 15 is 0 Å². The molecule has 106 valence electrons. The van der Waals surface area contributed by atoms with Crippen LogP contribution in [0.25, 0.3) is 0 Å². The van der Waals surface area contributed by atoms with Crippen molar-refractivity contribution in [1.29, 1.82) is 0 Å². The predicted molar refractivity (Wildman–Crippen MR) is 68.6 cm³/mol. The van der Waals surface area contributed by atoms with E-state index < -0.39 is 22.0 Å². The average molecular weight is 288 g/mol. The maximum Gasteiger partial charge on any atom is 0.245 e. The summed E-state index contributed by atoms with van der Waals surface area (Å²) in [6.45, 7) is 3.84. The summed E-state index contributed by atoms with van der Waals surface area (Å²) in [5, 5.41) is 0. The average Bonchev–Trinajstić information content (AvgIpc) is 2.27. The van der Waals surface area contributed by atoms with Crippen molar-refractivity contribution >= 4 is 10.0 Å². The second-order valence-corrected chi connectivity index (χ2v) is 6.45. The van der Waals surface area contributed by atoms with Gasteiger partial charge in [0.1, 0.15) is 5.82 Å². The smallest absolute Gasteiger partial charge is 0.245 e. The highest BCUT2D eigenvalue weighted by Crippen LogP contribution is 2.26. The monoisotopic (exact) mass is 288 g/mol. The number of ether oxygens (including phenoxy) is 1. The molecule has 19 heavy (non-hydrogen) atoms. The Hall–Kier alpha value is -1.02.